The summed E-state index contributed by atoms with van der Waals surface area (Å²) >= 11 is 0. The molecule has 0 fully saturated rings. The summed E-state index contributed by atoms with van der Waals surface area (Å²) in [6.45, 7) is 4.45. The molecule has 2 rings (SSSR count). The van der Waals surface area contributed by atoms with Crippen molar-refractivity contribution in [1.29, 1.82) is 0 Å². The zero-order valence-corrected chi connectivity index (χ0v) is 9.45. The largest absolute Gasteiger partial charge is 0.373 e. The van der Waals surface area contributed by atoms with E-state index in [4.69, 9.17) is 0 Å². The molecule has 0 aliphatic heterocycles. The van der Waals surface area contributed by atoms with Crippen LogP contribution < -0.4 is 0 Å². The summed E-state index contributed by atoms with van der Waals surface area (Å²) in [5.41, 5.74) is 1.71. The van der Waals surface area contributed by atoms with Gasteiger partial charge in [0.2, 0.25) is 0 Å². The second-order valence-corrected chi connectivity index (χ2v) is 3.48. The van der Waals surface area contributed by atoms with Gasteiger partial charge >= 0.3 is 0 Å². The number of allylic oxidation sites excluding steroid dienone is 1. The van der Waals surface area contributed by atoms with Crippen LogP contribution in [0.5, 0.6) is 0 Å². The molecule has 84 valence electrons. The fraction of sp³-hybridized carbons (Fsp3) is 0.0714. The van der Waals surface area contributed by atoms with Gasteiger partial charge in [0.1, 0.15) is 10.8 Å². The molecular weight excluding hydrogens is 210 g/mol. The Morgan fingerprint density at radius 2 is 2.06 bits per heavy atom. The number of benzene rings is 1. The molecule has 0 atom stereocenters. The van der Waals surface area contributed by atoms with Gasteiger partial charge in [0.15, 0.2) is 0 Å². The van der Waals surface area contributed by atoms with Crippen LogP contribution in [0.4, 0.5) is 5.69 Å². The van der Waals surface area contributed by atoms with E-state index in [1.165, 1.54) is 0 Å². The van der Waals surface area contributed by atoms with E-state index in [9.17, 15) is 0 Å². The normalized spacial score (nSPS) is 9.41. The first kappa shape index (κ1) is 11.1. The molecule has 3 heteroatoms. The average molecular weight is 223 g/mol. The van der Waals surface area contributed by atoms with E-state index >= 15 is 0 Å². The lowest BCUT2D eigenvalue weighted by Gasteiger charge is -2.01. The van der Waals surface area contributed by atoms with Crippen LogP contribution in [0, 0.1) is 0 Å². The number of aromatic nitrogens is 1. The van der Waals surface area contributed by atoms with E-state index in [2.05, 4.69) is 22.7 Å². The van der Waals surface area contributed by atoms with E-state index in [1.807, 2.05) is 59.3 Å². The van der Waals surface area contributed by atoms with Gasteiger partial charge in [-0.1, -0.05) is 24.3 Å². The lowest BCUT2D eigenvalue weighted by molar-refractivity contribution is -0.0692. The Balaban J connectivity index is 2.17. The van der Waals surface area contributed by atoms with Gasteiger partial charge in [-0.2, -0.15) is 6.07 Å². The van der Waals surface area contributed by atoms with Crippen LogP contribution in [-0.4, -0.2) is 15.6 Å². The van der Waals surface area contributed by atoms with Crippen molar-refractivity contribution < 1.29 is 4.79 Å². The molecule has 0 N–H and O–H groups in total. The van der Waals surface area contributed by atoms with Crippen molar-refractivity contribution in [2.45, 2.75) is 6.54 Å². The monoisotopic (exact) mass is 223 g/mol. The Bertz CT molecular complexity index is 546. The van der Waals surface area contributed by atoms with Gasteiger partial charge in [-0.05, 0) is 28.8 Å². The van der Waals surface area contributed by atoms with Gasteiger partial charge < -0.3 is 4.57 Å². The summed E-state index contributed by atoms with van der Waals surface area (Å²) < 4.78 is 2.00. The zero-order valence-electron chi connectivity index (χ0n) is 9.45. The highest BCUT2D eigenvalue weighted by molar-refractivity contribution is 5.72. The molecule has 0 saturated carbocycles. The highest BCUT2D eigenvalue weighted by Crippen LogP contribution is 2.07. The first-order valence-electron chi connectivity index (χ1n) is 5.38. The lowest BCUT2D eigenvalue weighted by Crippen LogP contribution is -1.98. The summed E-state index contributed by atoms with van der Waals surface area (Å²) in [6.07, 6.45) is 6.69. The minimum absolute atomic E-state index is 0.746. The second kappa shape index (κ2) is 5.64. The highest BCUT2D eigenvalue weighted by Gasteiger charge is 1.92. The lowest BCUT2D eigenvalue weighted by atomic mass is 10.3. The third kappa shape index (κ3) is 3.03. The third-order valence-electron chi connectivity index (χ3n) is 2.24. The standard InChI is InChI=1S/C14H13N3/c1-2-10-17-11-6-9-14(17)12-15-16-13-7-4-3-5-8-13/h2-9,11H,1,10H2. The van der Waals surface area contributed by atoms with Crippen molar-refractivity contribution in [3.05, 3.63) is 67.0 Å². The molecule has 0 aliphatic rings. The summed E-state index contributed by atoms with van der Waals surface area (Å²) in [6, 6.07) is 13.5. The van der Waals surface area contributed by atoms with Crippen molar-refractivity contribution in [2.75, 3.05) is 0 Å². The first-order valence-corrected chi connectivity index (χ1v) is 5.38. The smallest absolute Gasteiger partial charge is 0.256 e. The molecule has 0 amide bonds. The molecule has 0 unspecified atom stereocenters. The van der Waals surface area contributed by atoms with Gasteiger partial charge in [0, 0.05) is 6.54 Å². The van der Waals surface area contributed by atoms with E-state index < -0.39 is 0 Å². The fourth-order valence-corrected chi connectivity index (χ4v) is 1.44. The molecule has 0 bridgehead atoms. The topological polar surface area (TPSA) is 31.4 Å². The maximum atomic E-state index is 4.06. The van der Waals surface area contributed by atoms with Gasteiger partial charge in [0.25, 0.3) is 6.21 Å². The van der Waals surface area contributed by atoms with E-state index in [0.29, 0.717) is 0 Å². The van der Waals surface area contributed by atoms with Crippen LogP contribution in [-0.2, 0) is 6.54 Å². The average Bonchev–Trinajstić information content (AvgIpc) is 2.79. The van der Waals surface area contributed by atoms with Gasteiger partial charge in [-0.25, -0.2) is 0 Å². The molecule has 0 radical (unpaired) electrons. The van der Waals surface area contributed by atoms with Crippen LogP contribution in [0.2, 0.25) is 0 Å². The van der Waals surface area contributed by atoms with Crippen molar-refractivity contribution in [3.63, 3.8) is 0 Å². The molecule has 0 spiro atoms. The Morgan fingerprint density at radius 3 is 2.82 bits per heavy atom. The quantitative estimate of drug-likeness (QED) is 0.251. The van der Waals surface area contributed by atoms with Crippen LogP contribution in [0.3, 0.4) is 0 Å². The zero-order chi connectivity index (χ0) is 11.9. The van der Waals surface area contributed by atoms with Gasteiger partial charge in [0.05, 0.1) is 0 Å². The van der Waals surface area contributed by atoms with Crippen molar-refractivity contribution in [2.24, 2.45) is 5.11 Å². The SMILES string of the molecule is C=CCn1cccc1[C-]=[N+]=Nc1ccccc1. The number of hydrogen-bond acceptors (Lipinski definition) is 1. The van der Waals surface area contributed by atoms with Gasteiger partial charge in [-0.15, -0.1) is 12.6 Å². The first-order chi connectivity index (χ1) is 8.40. The molecule has 2 aromatic rings. The predicted octanol–water partition coefficient (Wildman–Crippen LogP) is 2.96. The Kier molecular flexibility index (Phi) is 3.68. The fourth-order valence-electron chi connectivity index (χ4n) is 1.44. The van der Waals surface area contributed by atoms with Crippen molar-refractivity contribution in [3.8, 4) is 0 Å². The minimum atomic E-state index is 0.746. The van der Waals surface area contributed by atoms with Crippen LogP contribution in [0.25, 0.3) is 0 Å². The molecule has 0 aliphatic carbocycles. The summed E-state index contributed by atoms with van der Waals surface area (Å²) in [4.78, 5) is 3.95. The Labute approximate surface area is 100 Å². The molecule has 3 nitrogen and oxygen atoms in total. The van der Waals surface area contributed by atoms with E-state index in [1.54, 1.807) is 0 Å². The molecule has 0 saturated heterocycles. The number of hydrogen-bond donors (Lipinski definition) is 0. The number of nitrogens with zero attached hydrogens (tertiary/aromatic N) is 3. The molecule has 1 aromatic carbocycles. The molecule has 1 aromatic heterocycles. The van der Waals surface area contributed by atoms with E-state index in [-0.39, 0.29) is 0 Å². The van der Waals surface area contributed by atoms with Gasteiger partial charge in [-0.3, -0.25) is 0 Å². The Morgan fingerprint density at radius 1 is 1.24 bits per heavy atom. The molecular formula is C14H13N3. The summed E-state index contributed by atoms with van der Waals surface area (Å²) in [5.74, 6) is 0. The summed E-state index contributed by atoms with van der Waals surface area (Å²) in [7, 11) is 0. The molecule has 1 heterocycles. The molecule has 17 heavy (non-hydrogen) atoms. The third-order valence-corrected chi connectivity index (χ3v) is 2.24. The van der Waals surface area contributed by atoms with Crippen molar-refractivity contribution in [1.82, 2.24) is 4.57 Å². The minimum Gasteiger partial charge on any atom is -0.373 e. The number of rotatable bonds is 4. The second-order valence-electron chi connectivity index (χ2n) is 3.48. The highest BCUT2D eigenvalue weighted by atomic mass is 15.0. The van der Waals surface area contributed by atoms with Crippen LogP contribution in [0.1, 0.15) is 5.69 Å². The van der Waals surface area contributed by atoms with Crippen molar-refractivity contribution >= 4 is 11.9 Å². The maximum Gasteiger partial charge on any atom is 0.256 e. The van der Waals surface area contributed by atoms with E-state index in [0.717, 1.165) is 17.9 Å². The predicted molar refractivity (Wildman–Crippen MR) is 67.5 cm³/mol. The maximum absolute atomic E-state index is 4.06. The summed E-state index contributed by atoms with van der Waals surface area (Å²) in [5, 5.41) is 4.06. The van der Waals surface area contributed by atoms with Crippen LogP contribution >= 0.6 is 0 Å². The Hall–Kier alpha value is -2.38. The van der Waals surface area contributed by atoms with Crippen LogP contribution in [0.15, 0.2) is 66.4 Å².